The molecule has 0 atom stereocenters. The summed E-state index contributed by atoms with van der Waals surface area (Å²) in [7, 11) is 0. The minimum Gasteiger partial charge on any atom is -0.322 e. The van der Waals surface area contributed by atoms with E-state index in [1.54, 1.807) is 12.1 Å². The van der Waals surface area contributed by atoms with E-state index in [1.165, 1.54) is 0 Å². The van der Waals surface area contributed by atoms with Crippen LogP contribution in [0.4, 0.5) is 0 Å². The van der Waals surface area contributed by atoms with Gasteiger partial charge in [-0.1, -0.05) is 18.7 Å². The predicted octanol–water partition coefficient (Wildman–Crippen LogP) is 2.36. The molecule has 0 unspecified atom stereocenters. The SMILES string of the molecule is C=Cc1[nH]c(=O)cc(C)c1/C=C/C. The number of nitrogens with one attached hydrogen (secondary N) is 1. The van der Waals surface area contributed by atoms with E-state index in [9.17, 15) is 4.79 Å². The van der Waals surface area contributed by atoms with Gasteiger partial charge in [0.15, 0.2) is 0 Å². The Morgan fingerprint density at radius 1 is 1.54 bits per heavy atom. The van der Waals surface area contributed by atoms with Crippen molar-refractivity contribution in [2.24, 2.45) is 0 Å². The molecule has 0 spiro atoms. The van der Waals surface area contributed by atoms with Crippen molar-refractivity contribution in [3.05, 3.63) is 45.9 Å². The van der Waals surface area contributed by atoms with Gasteiger partial charge in [-0.25, -0.2) is 0 Å². The van der Waals surface area contributed by atoms with E-state index < -0.39 is 0 Å². The summed E-state index contributed by atoms with van der Waals surface area (Å²) in [5, 5.41) is 0. The average Bonchev–Trinajstić information content (AvgIpc) is 2.09. The van der Waals surface area contributed by atoms with Crippen LogP contribution in [0.3, 0.4) is 0 Å². The Morgan fingerprint density at radius 3 is 2.77 bits per heavy atom. The third-order valence-corrected chi connectivity index (χ3v) is 1.86. The monoisotopic (exact) mass is 175 g/mol. The Labute approximate surface area is 77.6 Å². The number of aromatic amines is 1. The van der Waals surface area contributed by atoms with Crippen molar-refractivity contribution in [1.82, 2.24) is 4.98 Å². The van der Waals surface area contributed by atoms with Crippen molar-refractivity contribution in [3.8, 4) is 0 Å². The van der Waals surface area contributed by atoms with Gasteiger partial charge in [-0.05, 0) is 25.5 Å². The van der Waals surface area contributed by atoms with Crippen LogP contribution in [0.2, 0.25) is 0 Å². The smallest absolute Gasteiger partial charge is 0.248 e. The van der Waals surface area contributed by atoms with E-state index in [-0.39, 0.29) is 5.56 Å². The van der Waals surface area contributed by atoms with Crippen LogP contribution in [-0.4, -0.2) is 4.98 Å². The molecule has 1 aromatic heterocycles. The zero-order valence-electron chi connectivity index (χ0n) is 7.92. The maximum Gasteiger partial charge on any atom is 0.248 e. The fourth-order valence-corrected chi connectivity index (χ4v) is 1.27. The highest BCUT2D eigenvalue weighted by atomic mass is 16.1. The molecule has 0 amide bonds. The molecular formula is C11H13NO. The van der Waals surface area contributed by atoms with Crippen molar-refractivity contribution in [2.75, 3.05) is 0 Å². The van der Waals surface area contributed by atoms with Crippen molar-refractivity contribution < 1.29 is 0 Å². The highest BCUT2D eigenvalue weighted by molar-refractivity contribution is 5.63. The van der Waals surface area contributed by atoms with E-state index in [0.29, 0.717) is 0 Å². The zero-order valence-corrected chi connectivity index (χ0v) is 7.92. The van der Waals surface area contributed by atoms with Gasteiger partial charge in [0.2, 0.25) is 5.56 Å². The first-order valence-corrected chi connectivity index (χ1v) is 4.18. The van der Waals surface area contributed by atoms with Crippen LogP contribution >= 0.6 is 0 Å². The Kier molecular flexibility index (Phi) is 2.85. The van der Waals surface area contributed by atoms with Crippen molar-refractivity contribution in [3.63, 3.8) is 0 Å². The predicted molar refractivity (Wildman–Crippen MR) is 56.6 cm³/mol. The molecule has 2 heteroatoms. The maximum absolute atomic E-state index is 11.1. The van der Waals surface area contributed by atoms with Gasteiger partial charge in [0, 0.05) is 17.3 Å². The Morgan fingerprint density at radius 2 is 2.23 bits per heavy atom. The van der Waals surface area contributed by atoms with Gasteiger partial charge < -0.3 is 4.98 Å². The van der Waals surface area contributed by atoms with Crippen molar-refractivity contribution in [2.45, 2.75) is 13.8 Å². The minimum atomic E-state index is -0.0827. The van der Waals surface area contributed by atoms with Crippen LogP contribution < -0.4 is 5.56 Å². The Hall–Kier alpha value is -1.57. The van der Waals surface area contributed by atoms with Crippen LogP contribution in [0, 0.1) is 6.92 Å². The van der Waals surface area contributed by atoms with Gasteiger partial charge in [-0.15, -0.1) is 0 Å². The molecule has 1 aromatic rings. The van der Waals surface area contributed by atoms with E-state index >= 15 is 0 Å². The number of aromatic nitrogens is 1. The van der Waals surface area contributed by atoms with Crippen LogP contribution in [0.1, 0.15) is 23.7 Å². The summed E-state index contributed by atoms with van der Waals surface area (Å²) in [5.41, 5.74) is 2.69. The number of pyridine rings is 1. The molecule has 0 radical (unpaired) electrons. The summed E-state index contributed by atoms with van der Waals surface area (Å²) in [6.07, 6.45) is 5.56. The third kappa shape index (κ3) is 1.96. The Bertz CT molecular complexity index is 399. The van der Waals surface area contributed by atoms with Crippen molar-refractivity contribution in [1.29, 1.82) is 0 Å². The molecule has 0 aliphatic heterocycles. The fraction of sp³-hybridized carbons (Fsp3) is 0.182. The topological polar surface area (TPSA) is 32.9 Å². The van der Waals surface area contributed by atoms with Crippen LogP contribution in [0.25, 0.3) is 12.2 Å². The fourth-order valence-electron chi connectivity index (χ4n) is 1.27. The van der Waals surface area contributed by atoms with E-state index in [4.69, 9.17) is 0 Å². The maximum atomic E-state index is 11.1. The number of hydrogen-bond acceptors (Lipinski definition) is 1. The molecule has 0 saturated carbocycles. The van der Waals surface area contributed by atoms with E-state index in [2.05, 4.69) is 11.6 Å². The Balaban J connectivity index is 3.46. The summed E-state index contributed by atoms with van der Waals surface area (Å²) in [4.78, 5) is 13.8. The van der Waals surface area contributed by atoms with E-state index in [1.807, 2.05) is 26.0 Å². The van der Waals surface area contributed by atoms with Crippen LogP contribution in [0.15, 0.2) is 23.5 Å². The summed E-state index contributed by atoms with van der Waals surface area (Å²) in [5.74, 6) is 0. The number of rotatable bonds is 2. The molecule has 0 saturated heterocycles. The molecule has 0 fully saturated rings. The molecule has 1 N–H and O–H groups in total. The van der Waals surface area contributed by atoms with Gasteiger partial charge in [-0.2, -0.15) is 0 Å². The minimum absolute atomic E-state index is 0.0827. The first kappa shape index (κ1) is 9.52. The molecule has 0 bridgehead atoms. The molecule has 0 aliphatic rings. The summed E-state index contributed by atoms with van der Waals surface area (Å²) >= 11 is 0. The second kappa shape index (κ2) is 3.90. The lowest BCUT2D eigenvalue weighted by Crippen LogP contribution is -2.08. The van der Waals surface area contributed by atoms with Crippen molar-refractivity contribution >= 4 is 12.2 Å². The second-order valence-corrected chi connectivity index (χ2v) is 2.85. The largest absolute Gasteiger partial charge is 0.322 e. The molecular weight excluding hydrogens is 162 g/mol. The first-order chi connectivity index (χ1) is 6.19. The van der Waals surface area contributed by atoms with Crippen LogP contribution in [0.5, 0.6) is 0 Å². The molecule has 1 heterocycles. The number of H-pyrrole nitrogens is 1. The quantitative estimate of drug-likeness (QED) is 0.735. The van der Waals surface area contributed by atoms with Gasteiger partial charge in [0.05, 0.1) is 0 Å². The molecule has 1 rings (SSSR count). The van der Waals surface area contributed by atoms with Gasteiger partial charge in [0.1, 0.15) is 0 Å². The average molecular weight is 175 g/mol. The van der Waals surface area contributed by atoms with Crippen LogP contribution in [-0.2, 0) is 0 Å². The second-order valence-electron chi connectivity index (χ2n) is 2.85. The van der Waals surface area contributed by atoms with E-state index in [0.717, 1.165) is 16.8 Å². The lowest BCUT2D eigenvalue weighted by atomic mass is 10.1. The summed E-state index contributed by atoms with van der Waals surface area (Å²) in [6, 6.07) is 1.59. The number of aryl methyl sites for hydroxylation is 1. The molecule has 2 nitrogen and oxygen atoms in total. The summed E-state index contributed by atoms with van der Waals surface area (Å²) < 4.78 is 0. The molecule has 0 aliphatic carbocycles. The molecule has 0 aromatic carbocycles. The normalized spacial score (nSPS) is 10.6. The lowest BCUT2D eigenvalue weighted by molar-refractivity contribution is 1.17. The standard InChI is InChI=1S/C11H13NO/c1-4-6-9-8(3)7-11(13)12-10(9)5-2/h4-7H,2H2,1,3H3,(H,12,13)/b6-4+. The third-order valence-electron chi connectivity index (χ3n) is 1.86. The number of hydrogen-bond donors (Lipinski definition) is 1. The molecule has 13 heavy (non-hydrogen) atoms. The lowest BCUT2D eigenvalue weighted by Gasteiger charge is -2.03. The number of allylic oxidation sites excluding steroid dienone is 1. The van der Waals surface area contributed by atoms with Gasteiger partial charge in [0.25, 0.3) is 0 Å². The highest BCUT2D eigenvalue weighted by Crippen LogP contribution is 2.12. The summed E-state index contributed by atoms with van der Waals surface area (Å²) in [6.45, 7) is 7.51. The molecule has 68 valence electrons. The highest BCUT2D eigenvalue weighted by Gasteiger charge is 2.00. The zero-order chi connectivity index (χ0) is 9.84. The van der Waals surface area contributed by atoms with Gasteiger partial charge >= 0.3 is 0 Å². The first-order valence-electron chi connectivity index (χ1n) is 4.18. The van der Waals surface area contributed by atoms with Gasteiger partial charge in [-0.3, -0.25) is 4.79 Å².